The predicted octanol–water partition coefficient (Wildman–Crippen LogP) is 2.92. The zero-order chi connectivity index (χ0) is 13.8. The number of likely N-dealkylation sites (tertiary alicyclic amines) is 1. The van der Waals surface area contributed by atoms with Crippen LogP contribution in [0, 0.1) is 0 Å². The second-order valence-electron chi connectivity index (χ2n) is 4.46. The van der Waals surface area contributed by atoms with E-state index in [1.165, 1.54) is 0 Å². The van der Waals surface area contributed by atoms with Crippen LogP contribution in [0.25, 0.3) is 0 Å². The maximum absolute atomic E-state index is 11.0. The van der Waals surface area contributed by atoms with Crippen molar-refractivity contribution in [3.63, 3.8) is 0 Å². The van der Waals surface area contributed by atoms with Gasteiger partial charge >= 0.3 is 5.97 Å². The number of aliphatic carboxylic acids is 1. The molecule has 1 N–H and O–H groups in total. The zero-order valence-electron chi connectivity index (χ0n) is 10.3. The van der Waals surface area contributed by atoms with E-state index < -0.39 is 5.97 Å². The van der Waals surface area contributed by atoms with Crippen molar-refractivity contribution in [3.05, 3.63) is 28.2 Å². The van der Waals surface area contributed by atoms with Crippen LogP contribution in [-0.2, 0) is 4.79 Å². The first kappa shape index (κ1) is 14.4. The lowest BCUT2D eigenvalue weighted by Gasteiger charge is -2.21. The van der Waals surface area contributed by atoms with Crippen molar-refractivity contribution in [1.29, 1.82) is 0 Å². The third kappa shape index (κ3) is 3.75. The summed E-state index contributed by atoms with van der Waals surface area (Å²) in [7, 11) is 0. The summed E-state index contributed by atoms with van der Waals surface area (Å²) in [5, 5.41) is 10.1. The molecule has 1 aromatic rings. The van der Waals surface area contributed by atoms with Gasteiger partial charge in [0.25, 0.3) is 0 Å². The van der Waals surface area contributed by atoms with Crippen LogP contribution in [0.4, 0.5) is 0 Å². The highest BCUT2D eigenvalue weighted by atomic mass is 35.5. The van der Waals surface area contributed by atoms with Crippen LogP contribution >= 0.6 is 23.2 Å². The van der Waals surface area contributed by atoms with E-state index in [1.807, 2.05) is 4.90 Å². The molecular formula is C13H15Cl2NO3. The lowest BCUT2D eigenvalue weighted by atomic mass is 10.2. The molecule has 1 atom stereocenters. The van der Waals surface area contributed by atoms with E-state index in [4.69, 9.17) is 33.0 Å². The number of carboxylic acids is 1. The van der Waals surface area contributed by atoms with Crippen molar-refractivity contribution < 1.29 is 14.6 Å². The Kier molecular flexibility index (Phi) is 4.91. The Bertz CT molecular complexity index is 467. The monoisotopic (exact) mass is 303 g/mol. The summed E-state index contributed by atoms with van der Waals surface area (Å²) in [6.45, 7) is 1.79. The Balaban J connectivity index is 1.84. The number of nitrogens with zero attached hydrogens (tertiary/aromatic N) is 1. The first-order chi connectivity index (χ1) is 9.08. The smallest absolute Gasteiger partial charge is 0.320 e. The third-order valence-electron chi connectivity index (χ3n) is 3.18. The molecule has 1 aliphatic rings. The molecule has 19 heavy (non-hydrogen) atoms. The van der Waals surface area contributed by atoms with Gasteiger partial charge < -0.3 is 9.84 Å². The summed E-state index contributed by atoms with van der Waals surface area (Å²) < 4.78 is 5.56. The van der Waals surface area contributed by atoms with Crippen LogP contribution in [0.2, 0.25) is 10.0 Å². The molecule has 1 heterocycles. The molecule has 0 aromatic heterocycles. The number of halogens is 2. The van der Waals surface area contributed by atoms with Gasteiger partial charge in [0.15, 0.2) is 0 Å². The maximum Gasteiger partial charge on any atom is 0.320 e. The minimum absolute atomic E-state index is 0.385. The van der Waals surface area contributed by atoms with Crippen LogP contribution in [-0.4, -0.2) is 41.7 Å². The van der Waals surface area contributed by atoms with E-state index >= 15 is 0 Å². The van der Waals surface area contributed by atoms with E-state index in [0.29, 0.717) is 35.4 Å². The Labute approximate surface area is 121 Å². The molecule has 1 fully saturated rings. The molecule has 2 rings (SSSR count). The van der Waals surface area contributed by atoms with Gasteiger partial charge in [-0.05, 0) is 37.6 Å². The molecule has 6 heteroatoms. The fraction of sp³-hybridized carbons (Fsp3) is 0.462. The lowest BCUT2D eigenvalue weighted by molar-refractivity contribution is -0.142. The first-order valence-electron chi connectivity index (χ1n) is 6.12. The van der Waals surface area contributed by atoms with Gasteiger partial charge in [-0.15, -0.1) is 0 Å². The number of rotatable bonds is 5. The van der Waals surface area contributed by atoms with Crippen molar-refractivity contribution in [2.75, 3.05) is 19.7 Å². The number of benzene rings is 1. The average Bonchev–Trinajstić information content (AvgIpc) is 2.80. The van der Waals surface area contributed by atoms with Gasteiger partial charge in [-0.25, -0.2) is 0 Å². The molecule has 0 aliphatic carbocycles. The van der Waals surface area contributed by atoms with Crippen molar-refractivity contribution in [1.82, 2.24) is 4.90 Å². The molecule has 1 aliphatic heterocycles. The fourth-order valence-corrected chi connectivity index (χ4v) is 2.70. The summed E-state index contributed by atoms with van der Waals surface area (Å²) >= 11 is 11.8. The molecule has 0 saturated carbocycles. The Morgan fingerprint density at radius 1 is 1.47 bits per heavy atom. The van der Waals surface area contributed by atoms with Gasteiger partial charge in [0, 0.05) is 11.6 Å². The van der Waals surface area contributed by atoms with Crippen molar-refractivity contribution in [2.24, 2.45) is 0 Å². The quantitative estimate of drug-likeness (QED) is 0.908. The van der Waals surface area contributed by atoms with E-state index in [1.54, 1.807) is 18.2 Å². The summed E-state index contributed by atoms with van der Waals surface area (Å²) in [5.74, 6) is -0.195. The summed E-state index contributed by atoms with van der Waals surface area (Å²) in [5.41, 5.74) is 0. The second-order valence-corrected chi connectivity index (χ2v) is 5.30. The SMILES string of the molecule is O=C(O)[C@H]1CCCN1CCOc1ccc(Cl)cc1Cl. The van der Waals surface area contributed by atoms with Crippen LogP contribution < -0.4 is 4.74 Å². The molecule has 0 amide bonds. The van der Waals surface area contributed by atoms with Crippen LogP contribution in [0.1, 0.15) is 12.8 Å². The van der Waals surface area contributed by atoms with E-state index in [2.05, 4.69) is 0 Å². The molecule has 1 aromatic carbocycles. The van der Waals surface area contributed by atoms with E-state index in [0.717, 1.165) is 13.0 Å². The average molecular weight is 304 g/mol. The maximum atomic E-state index is 11.0. The van der Waals surface area contributed by atoms with E-state index in [-0.39, 0.29) is 6.04 Å². The van der Waals surface area contributed by atoms with Gasteiger partial charge in [-0.2, -0.15) is 0 Å². The highest BCUT2D eigenvalue weighted by Crippen LogP contribution is 2.27. The lowest BCUT2D eigenvalue weighted by Crippen LogP contribution is -2.38. The standard InChI is InChI=1S/C13H15Cl2NO3/c14-9-3-4-12(10(15)8-9)19-7-6-16-5-1-2-11(16)13(17)18/h3-4,8,11H,1-2,5-7H2,(H,17,18)/t11-/m1/s1. The molecule has 0 radical (unpaired) electrons. The fourth-order valence-electron chi connectivity index (χ4n) is 2.24. The van der Waals surface area contributed by atoms with E-state index in [9.17, 15) is 4.79 Å². The molecular weight excluding hydrogens is 289 g/mol. The Hall–Kier alpha value is -0.970. The minimum atomic E-state index is -0.762. The number of hydrogen-bond donors (Lipinski definition) is 1. The molecule has 0 unspecified atom stereocenters. The number of ether oxygens (including phenoxy) is 1. The summed E-state index contributed by atoms with van der Waals surface area (Å²) in [4.78, 5) is 12.9. The van der Waals surface area contributed by atoms with Crippen molar-refractivity contribution >= 4 is 29.2 Å². The topological polar surface area (TPSA) is 49.8 Å². The largest absolute Gasteiger partial charge is 0.491 e. The highest BCUT2D eigenvalue weighted by Gasteiger charge is 2.29. The number of carboxylic acid groups (broad SMARTS) is 1. The van der Waals surface area contributed by atoms with Gasteiger partial charge in [0.05, 0.1) is 5.02 Å². The van der Waals surface area contributed by atoms with Gasteiger partial charge in [-0.3, -0.25) is 9.69 Å². The molecule has 104 valence electrons. The summed E-state index contributed by atoms with van der Waals surface area (Å²) in [6.07, 6.45) is 1.62. The predicted molar refractivity (Wildman–Crippen MR) is 74.2 cm³/mol. The van der Waals surface area contributed by atoms with Gasteiger partial charge in [0.1, 0.15) is 18.4 Å². The molecule has 0 spiro atoms. The molecule has 1 saturated heterocycles. The van der Waals surface area contributed by atoms with Crippen LogP contribution in [0.3, 0.4) is 0 Å². The minimum Gasteiger partial charge on any atom is -0.491 e. The number of carbonyl (C=O) groups is 1. The third-order valence-corrected chi connectivity index (χ3v) is 3.71. The Morgan fingerprint density at radius 3 is 2.95 bits per heavy atom. The molecule has 4 nitrogen and oxygen atoms in total. The van der Waals surface area contributed by atoms with Gasteiger partial charge in [0.2, 0.25) is 0 Å². The van der Waals surface area contributed by atoms with Gasteiger partial charge in [-0.1, -0.05) is 23.2 Å². The number of hydrogen-bond acceptors (Lipinski definition) is 3. The normalized spacial score (nSPS) is 19.6. The highest BCUT2D eigenvalue weighted by molar-refractivity contribution is 6.35. The summed E-state index contributed by atoms with van der Waals surface area (Å²) in [6, 6.07) is 4.65. The molecule has 0 bridgehead atoms. The first-order valence-corrected chi connectivity index (χ1v) is 6.88. The van der Waals surface area contributed by atoms with Crippen LogP contribution in [0.15, 0.2) is 18.2 Å². The second kappa shape index (κ2) is 6.46. The van der Waals surface area contributed by atoms with Crippen molar-refractivity contribution in [2.45, 2.75) is 18.9 Å². The van der Waals surface area contributed by atoms with Crippen LogP contribution in [0.5, 0.6) is 5.75 Å². The Morgan fingerprint density at radius 2 is 2.26 bits per heavy atom. The zero-order valence-corrected chi connectivity index (χ0v) is 11.8. The van der Waals surface area contributed by atoms with Crippen molar-refractivity contribution in [3.8, 4) is 5.75 Å².